The van der Waals surface area contributed by atoms with Crippen LogP contribution in [-0.2, 0) is 54.7 Å². The number of phenols is 1. The van der Waals surface area contributed by atoms with Gasteiger partial charge in [0.1, 0.15) is 23.3 Å². The number of aryl methyl sites for hydroxylation is 7. The number of amides is 3. The zero-order chi connectivity index (χ0) is 56.1. The Hall–Kier alpha value is -9.63. The van der Waals surface area contributed by atoms with Gasteiger partial charge in [0.05, 0.1) is 67.1 Å². The van der Waals surface area contributed by atoms with Crippen LogP contribution in [0.5, 0.6) is 5.75 Å². The van der Waals surface area contributed by atoms with Crippen LogP contribution < -0.4 is 26.6 Å². The molecule has 20 heteroatoms. The number of hydrogen-bond donors (Lipinski definition) is 6. The molecule has 3 amide bonds. The molecule has 4 aliphatic heterocycles. The van der Waals surface area contributed by atoms with Crippen molar-refractivity contribution in [2.75, 3.05) is 18.4 Å². The van der Waals surface area contributed by atoms with Crippen LogP contribution in [0.2, 0.25) is 0 Å². The maximum atomic E-state index is 14.2. The summed E-state index contributed by atoms with van der Waals surface area (Å²) < 4.78 is 0. The minimum absolute atomic E-state index is 0.0126. The number of anilines is 1. The van der Waals surface area contributed by atoms with Gasteiger partial charge in [0.15, 0.2) is 11.3 Å². The molecule has 408 valence electrons. The van der Waals surface area contributed by atoms with Crippen molar-refractivity contribution < 1.29 is 24.4 Å². The number of nitrogens with zero attached hydrogens (tertiary/aromatic N) is 9. The molecule has 3 atom stereocenters. The van der Waals surface area contributed by atoms with E-state index in [1.807, 2.05) is 24.4 Å². The van der Waals surface area contributed by atoms with Crippen molar-refractivity contribution in [1.82, 2.24) is 61.1 Å². The molecule has 6 N–H and O–H groups in total. The first-order chi connectivity index (χ1) is 40.3. The molecule has 19 bridgehead atoms. The lowest BCUT2D eigenvalue weighted by Crippen LogP contribution is -2.63. The second kappa shape index (κ2) is 18.4. The maximum absolute atomic E-state index is 14.2. The first kappa shape index (κ1) is 49.2. The van der Waals surface area contributed by atoms with Crippen molar-refractivity contribution >= 4 is 83.9 Å². The molecule has 3 unspecified atom stereocenters. The second-order valence-electron chi connectivity index (χ2n) is 22.8. The van der Waals surface area contributed by atoms with E-state index in [9.17, 15) is 29.6 Å². The summed E-state index contributed by atoms with van der Waals surface area (Å²) in [6.07, 6.45) is 8.44. The van der Waals surface area contributed by atoms with E-state index < -0.39 is 28.8 Å². The predicted octanol–water partition coefficient (Wildman–Crippen LogP) is 7.97. The number of nitro benzene ring substituents is 1. The molecule has 11 heterocycles. The van der Waals surface area contributed by atoms with E-state index in [0.29, 0.717) is 70.6 Å². The number of aromatic nitrogens is 7. The molecular weight excluding hydrogens is 1050 g/mol. The lowest BCUT2D eigenvalue weighted by Gasteiger charge is -2.35. The Morgan fingerprint density at radius 3 is 2.00 bits per heavy atom. The Labute approximate surface area is 472 Å². The van der Waals surface area contributed by atoms with Crippen molar-refractivity contribution in [3.8, 4) is 39.9 Å². The summed E-state index contributed by atoms with van der Waals surface area (Å²) in [6.45, 7) is 4.92. The number of hydrogen-bond acceptors (Lipinski definition) is 16. The van der Waals surface area contributed by atoms with E-state index in [1.54, 1.807) is 37.3 Å². The Morgan fingerprint density at radius 2 is 1.28 bits per heavy atom. The third-order valence-corrected chi connectivity index (χ3v) is 17.8. The normalized spacial score (nSPS) is 19.4. The fraction of sp³-hybridized carbons (Fsp3) is 0.254. The summed E-state index contributed by atoms with van der Waals surface area (Å²) in [5.41, 5.74) is 15.1. The van der Waals surface area contributed by atoms with Crippen LogP contribution in [0.15, 0.2) is 85.1 Å². The Kier molecular flexibility index (Phi) is 10.9. The number of rotatable bonds is 1. The van der Waals surface area contributed by atoms with Crippen molar-refractivity contribution in [2.24, 2.45) is 0 Å². The smallest absolute Gasteiger partial charge is 0.347 e. The van der Waals surface area contributed by atoms with Crippen LogP contribution in [-0.4, -0.2) is 92.7 Å². The summed E-state index contributed by atoms with van der Waals surface area (Å²) in [5.74, 6) is -1.57. The molecule has 7 aromatic heterocycles. The van der Waals surface area contributed by atoms with Crippen LogP contribution in [0.3, 0.4) is 0 Å². The molecular formula is C63H51N14O6+. The van der Waals surface area contributed by atoms with E-state index >= 15 is 0 Å². The zero-order valence-electron chi connectivity index (χ0n) is 45.1. The molecule has 17 rings (SSSR count). The van der Waals surface area contributed by atoms with Gasteiger partial charge < -0.3 is 21.1 Å². The highest BCUT2D eigenvalue weighted by Crippen LogP contribution is 2.44. The molecule has 20 nitrogen and oxygen atoms in total. The van der Waals surface area contributed by atoms with Crippen LogP contribution in [0.1, 0.15) is 86.2 Å². The van der Waals surface area contributed by atoms with Crippen LogP contribution >= 0.6 is 0 Å². The lowest BCUT2D eigenvalue weighted by molar-refractivity contribution is -0.383. The standard InChI is InChI=1S/C63H50N14O6/c1-28-42-22-36-10-8-33-19-32-6-7-34-20-38-21-35-9-11-37-23-43-48(77(82)83)24-39-26-65-61(80)41-5-3-4-31-18-30-12-13-40(25-47(30)68-49(31)41)67-60(79)29(2)66-62(81)46-15-17-76-16-14-45(69-63(76)70-46)44(28)27-64-59(42)75-55(36)51(33)71-50(32)53(34)73-58(38)74-54(35)52(37)72-56(43)57(39)78/h3-5,12-13,18-25,27,29,45-46,69-70H,6-11,14-17,26H2,1-2H3,(H3-,65,66,67,68,73,74,78,79,80,81)/p+1. The van der Waals surface area contributed by atoms with Gasteiger partial charge in [0.25, 0.3) is 11.6 Å². The second-order valence-corrected chi connectivity index (χ2v) is 22.8. The summed E-state index contributed by atoms with van der Waals surface area (Å²) in [7, 11) is 0. The highest BCUT2D eigenvalue weighted by Gasteiger charge is 2.47. The van der Waals surface area contributed by atoms with Gasteiger partial charge >= 0.3 is 6.29 Å². The van der Waals surface area contributed by atoms with Crippen LogP contribution in [0.4, 0.5) is 11.4 Å². The Balaban J connectivity index is 0.808. The highest BCUT2D eigenvalue weighted by atomic mass is 16.6. The number of phenolic OH excluding ortho intramolecular Hbond substituents is 1. The number of pyridine rings is 7. The van der Waals surface area contributed by atoms with Crippen molar-refractivity contribution in [1.29, 1.82) is 0 Å². The minimum Gasteiger partial charge on any atom is -0.505 e. The SMILES string of the molecule is Cc1c2cnc3nc4c(cc13)CCc1cc3c(nc1-4)-c1nc4nc5c(cc4cc1CC3)CCc1cc3c([N+](=O)[O-])cc(c(O)c3nc1-5)CNC(=O)c1cccc3cc4ccc(cc4nc13)NC(=O)C(C)NC(=O)C1CCN3CCC2N[C+]3N1. The number of para-hydroxylation sites is 1. The first-order valence-electron chi connectivity index (χ1n) is 28.2. The zero-order valence-corrected chi connectivity index (χ0v) is 45.1. The van der Waals surface area contributed by atoms with E-state index in [0.717, 1.165) is 128 Å². The van der Waals surface area contributed by atoms with E-state index in [2.05, 4.69) is 62.7 Å². The van der Waals surface area contributed by atoms with Crippen molar-refractivity contribution in [3.63, 3.8) is 0 Å². The molecule has 83 heavy (non-hydrogen) atoms. The van der Waals surface area contributed by atoms with Gasteiger partial charge in [-0.05, 0) is 158 Å². The molecule has 0 saturated carbocycles. The molecule has 0 radical (unpaired) electrons. The number of benzene rings is 3. The first-order valence-corrected chi connectivity index (χ1v) is 28.2. The summed E-state index contributed by atoms with van der Waals surface area (Å²) in [5, 5.41) is 44.1. The number of carbonyl (C=O) groups excluding carboxylic acids is 3. The topological polar surface area (TPSA) is 268 Å². The molecule has 7 aliphatic rings. The molecule has 2 fully saturated rings. The van der Waals surface area contributed by atoms with Crippen LogP contribution in [0.25, 0.3) is 88.9 Å². The molecule has 2 saturated heterocycles. The molecule has 0 spiro atoms. The number of non-ortho nitro benzene ring substituents is 1. The Bertz CT molecular complexity index is 4630. The third-order valence-electron chi connectivity index (χ3n) is 17.8. The average Bonchev–Trinajstić information content (AvgIpc) is 3.69. The van der Waals surface area contributed by atoms with Gasteiger partial charge in [-0.3, -0.25) is 24.5 Å². The van der Waals surface area contributed by atoms with E-state index in [-0.39, 0.29) is 52.0 Å². The third kappa shape index (κ3) is 7.95. The largest absolute Gasteiger partial charge is 0.505 e. The van der Waals surface area contributed by atoms with E-state index in [4.69, 9.17) is 34.9 Å². The lowest BCUT2D eigenvalue weighted by atomic mass is 9.85. The van der Waals surface area contributed by atoms with Gasteiger partial charge in [0.2, 0.25) is 11.8 Å². The number of nitrogens with one attached hydrogen (secondary N) is 5. The molecule has 3 aromatic carbocycles. The minimum atomic E-state index is -0.891. The summed E-state index contributed by atoms with van der Waals surface area (Å²) >= 11 is 0. The van der Waals surface area contributed by atoms with Crippen molar-refractivity contribution in [3.05, 3.63) is 157 Å². The van der Waals surface area contributed by atoms with Gasteiger partial charge in [0, 0.05) is 64.7 Å². The average molecular weight is 1100 g/mol. The predicted molar refractivity (Wildman–Crippen MR) is 311 cm³/mol. The number of carbonyl (C=O) groups is 3. The van der Waals surface area contributed by atoms with Crippen LogP contribution in [0, 0.1) is 23.3 Å². The van der Waals surface area contributed by atoms with Gasteiger partial charge in [-0.1, -0.05) is 24.3 Å². The fourth-order valence-corrected chi connectivity index (χ4v) is 13.4. The van der Waals surface area contributed by atoms with Gasteiger partial charge in [-0.15, -0.1) is 15.5 Å². The molecule has 3 aliphatic carbocycles. The number of aromatic hydroxyl groups is 1. The molecule has 10 aromatic rings. The highest BCUT2D eigenvalue weighted by molar-refractivity contribution is 6.08. The maximum Gasteiger partial charge on any atom is 0.347 e. The quantitative estimate of drug-likeness (QED) is 0.0394. The van der Waals surface area contributed by atoms with Crippen molar-refractivity contribution in [2.45, 2.75) is 89.9 Å². The fourth-order valence-electron chi connectivity index (χ4n) is 13.4. The number of fused-ring (bicyclic) bond motifs is 7. The van der Waals surface area contributed by atoms with Gasteiger partial charge in [-0.25, -0.2) is 34.9 Å². The number of nitro groups is 1. The monoisotopic (exact) mass is 1100 g/mol. The van der Waals surface area contributed by atoms with Gasteiger partial charge in [-0.2, -0.15) is 0 Å². The summed E-state index contributed by atoms with van der Waals surface area (Å²) in [4.78, 5) is 92.4. The summed E-state index contributed by atoms with van der Waals surface area (Å²) in [6, 6.07) is 22.6. The van der Waals surface area contributed by atoms with E-state index in [1.165, 1.54) is 6.07 Å². The Morgan fingerprint density at radius 1 is 0.639 bits per heavy atom.